The van der Waals surface area contributed by atoms with Crippen LogP contribution in [0.5, 0.6) is 0 Å². The van der Waals surface area contributed by atoms with Crippen LogP contribution in [0.25, 0.3) is 5.69 Å². The Balaban J connectivity index is 1.34. The maximum atomic E-state index is 12.6. The predicted octanol–water partition coefficient (Wildman–Crippen LogP) is 3.31. The van der Waals surface area contributed by atoms with Gasteiger partial charge in [-0.25, -0.2) is 4.68 Å². The van der Waals surface area contributed by atoms with Gasteiger partial charge < -0.3 is 15.1 Å². The molecule has 0 radical (unpaired) electrons. The molecule has 7 nitrogen and oxygen atoms in total. The van der Waals surface area contributed by atoms with Gasteiger partial charge in [-0.2, -0.15) is 5.10 Å². The molecule has 2 atom stereocenters. The zero-order valence-corrected chi connectivity index (χ0v) is 17.0. The van der Waals surface area contributed by atoms with Gasteiger partial charge in [-0.05, 0) is 44.0 Å². The van der Waals surface area contributed by atoms with Gasteiger partial charge in [0.25, 0.3) is 0 Å². The minimum absolute atomic E-state index is 0.0312. The number of furan rings is 1. The Bertz CT molecular complexity index is 997. The fourth-order valence-corrected chi connectivity index (χ4v) is 3.96. The number of aromatic nitrogens is 2. The molecule has 0 aliphatic carbocycles. The molecule has 2 amide bonds. The molecule has 7 heteroatoms. The first-order valence-electron chi connectivity index (χ1n) is 10.3. The normalized spacial score (nSPS) is 19.4. The van der Waals surface area contributed by atoms with Gasteiger partial charge in [0.15, 0.2) is 0 Å². The number of para-hydroxylation sites is 1. The van der Waals surface area contributed by atoms with Crippen molar-refractivity contribution < 1.29 is 14.0 Å². The molecule has 3 heterocycles. The van der Waals surface area contributed by atoms with Gasteiger partial charge >= 0.3 is 0 Å². The number of rotatable bonds is 8. The molecular weight excluding hydrogens is 380 g/mol. The molecule has 4 rings (SSSR count). The Labute approximate surface area is 175 Å². The van der Waals surface area contributed by atoms with Crippen LogP contribution < -0.4 is 10.6 Å². The second-order valence-corrected chi connectivity index (χ2v) is 7.93. The highest BCUT2D eigenvalue weighted by Crippen LogP contribution is 2.30. The van der Waals surface area contributed by atoms with Crippen LogP contribution in [-0.2, 0) is 16.0 Å². The van der Waals surface area contributed by atoms with E-state index in [-0.39, 0.29) is 17.9 Å². The minimum atomic E-state index is -0.423. The van der Waals surface area contributed by atoms with Gasteiger partial charge in [0, 0.05) is 36.6 Å². The smallest absolute Gasteiger partial charge is 0.220 e. The highest BCUT2D eigenvalue weighted by atomic mass is 16.3. The van der Waals surface area contributed by atoms with Crippen molar-refractivity contribution in [1.82, 2.24) is 20.4 Å². The molecular formula is C23H26N4O3. The number of nitrogens with one attached hydrogen (secondary N) is 2. The van der Waals surface area contributed by atoms with Crippen molar-refractivity contribution in [2.75, 3.05) is 0 Å². The molecule has 1 aliphatic heterocycles. The van der Waals surface area contributed by atoms with E-state index in [1.54, 1.807) is 17.1 Å². The van der Waals surface area contributed by atoms with Crippen molar-refractivity contribution in [2.24, 2.45) is 0 Å². The SMILES string of the molecule is C[C@H](NC(=O)CC[C@]1(Cc2ccco2)CCC(=O)N1)c1cnn(-c2ccccc2)c1. The summed E-state index contributed by atoms with van der Waals surface area (Å²) < 4.78 is 7.26. The van der Waals surface area contributed by atoms with Crippen molar-refractivity contribution in [3.63, 3.8) is 0 Å². The van der Waals surface area contributed by atoms with Crippen LogP contribution in [0.15, 0.2) is 65.5 Å². The van der Waals surface area contributed by atoms with E-state index < -0.39 is 5.54 Å². The molecule has 0 spiro atoms. The standard InChI is InChI=1S/C23H26N4O3/c1-17(18-15-24-27(16-18)19-6-3-2-4-7-19)25-21(28)9-11-23(12-10-22(29)26-23)14-20-8-5-13-30-20/h2-8,13,15-17H,9-12,14H2,1H3,(H,25,28)(H,26,29)/t17-,23+/m0/s1. The van der Waals surface area contributed by atoms with Crippen LogP contribution >= 0.6 is 0 Å². The summed E-state index contributed by atoms with van der Waals surface area (Å²) in [4.78, 5) is 24.5. The van der Waals surface area contributed by atoms with E-state index in [1.807, 2.05) is 55.6 Å². The van der Waals surface area contributed by atoms with Gasteiger partial charge in [0.05, 0.1) is 24.2 Å². The zero-order chi connectivity index (χ0) is 21.0. The fourth-order valence-electron chi connectivity index (χ4n) is 3.96. The lowest BCUT2D eigenvalue weighted by Crippen LogP contribution is -2.44. The van der Waals surface area contributed by atoms with E-state index in [9.17, 15) is 9.59 Å². The monoisotopic (exact) mass is 406 g/mol. The second-order valence-electron chi connectivity index (χ2n) is 7.93. The van der Waals surface area contributed by atoms with Gasteiger partial charge in [0.1, 0.15) is 5.76 Å². The maximum Gasteiger partial charge on any atom is 0.220 e. The van der Waals surface area contributed by atoms with Crippen LogP contribution in [0, 0.1) is 0 Å². The van der Waals surface area contributed by atoms with Crippen molar-refractivity contribution in [3.05, 3.63) is 72.4 Å². The Morgan fingerprint density at radius 2 is 2.13 bits per heavy atom. The molecule has 156 valence electrons. The number of benzene rings is 1. The van der Waals surface area contributed by atoms with Crippen molar-refractivity contribution in [3.8, 4) is 5.69 Å². The summed E-state index contributed by atoms with van der Waals surface area (Å²) in [6.45, 7) is 1.94. The lowest BCUT2D eigenvalue weighted by Gasteiger charge is -2.28. The van der Waals surface area contributed by atoms with Crippen molar-refractivity contribution in [2.45, 2.75) is 50.6 Å². The summed E-state index contributed by atoms with van der Waals surface area (Å²) in [6, 6.07) is 13.4. The van der Waals surface area contributed by atoms with Crippen molar-refractivity contribution >= 4 is 11.8 Å². The number of hydrogen-bond donors (Lipinski definition) is 2. The number of amides is 2. The van der Waals surface area contributed by atoms with Crippen LogP contribution in [0.3, 0.4) is 0 Å². The van der Waals surface area contributed by atoms with E-state index in [0.29, 0.717) is 32.1 Å². The number of carbonyl (C=O) groups is 2. The van der Waals surface area contributed by atoms with E-state index in [2.05, 4.69) is 15.7 Å². The van der Waals surface area contributed by atoms with Crippen LogP contribution in [-0.4, -0.2) is 27.1 Å². The lowest BCUT2D eigenvalue weighted by atomic mass is 9.87. The topological polar surface area (TPSA) is 89.2 Å². The molecule has 1 saturated heterocycles. The number of hydrogen-bond acceptors (Lipinski definition) is 4. The highest BCUT2D eigenvalue weighted by Gasteiger charge is 2.38. The molecule has 0 bridgehead atoms. The molecule has 3 aromatic rings. The first-order valence-corrected chi connectivity index (χ1v) is 10.3. The van der Waals surface area contributed by atoms with Gasteiger partial charge in [-0.3, -0.25) is 9.59 Å². The molecule has 1 aliphatic rings. The Morgan fingerprint density at radius 3 is 2.83 bits per heavy atom. The second kappa shape index (κ2) is 8.57. The van der Waals surface area contributed by atoms with Crippen LogP contribution in [0.1, 0.15) is 50.0 Å². The third kappa shape index (κ3) is 4.62. The van der Waals surface area contributed by atoms with E-state index in [1.165, 1.54) is 0 Å². The average molecular weight is 406 g/mol. The Morgan fingerprint density at radius 1 is 1.30 bits per heavy atom. The van der Waals surface area contributed by atoms with Gasteiger partial charge in [0.2, 0.25) is 11.8 Å². The molecule has 2 aromatic heterocycles. The maximum absolute atomic E-state index is 12.6. The molecule has 0 unspecified atom stereocenters. The van der Waals surface area contributed by atoms with E-state index >= 15 is 0 Å². The summed E-state index contributed by atoms with van der Waals surface area (Å²) in [5, 5.41) is 10.5. The molecule has 1 fully saturated rings. The zero-order valence-electron chi connectivity index (χ0n) is 17.0. The summed E-state index contributed by atoms with van der Waals surface area (Å²) >= 11 is 0. The average Bonchev–Trinajstić information content (AvgIpc) is 3.49. The third-order valence-corrected chi connectivity index (χ3v) is 5.66. The summed E-state index contributed by atoms with van der Waals surface area (Å²) in [5.41, 5.74) is 1.49. The van der Waals surface area contributed by atoms with Gasteiger partial charge in [-0.15, -0.1) is 0 Å². The highest BCUT2D eigenvalue weighted by molar-refractivity contribution is 5.80. The number of carbonyl (C=O) groups excluding carboxylic acids is 2. The minimum Gasteiger partial charge on any atom is -0.469 e. The Hall–Kier alpha value is -3.35. The Kier molecular flexibility index (Phi) is 5.70. The van der Waals surface area contributed by atoms with Gasteiger partial charge in [-0.1, -0.05) is 18.2 Å². The first kappa shape index (κ1) is 19.9. The number of nitrogens with zero attached hydrogens (tertiary/aromatic N) is 2. The van der Waals surface area contributed by atoms with E-state index in [4.69, 9.17) is 4.42 Å². The fraction of sp³-hybridized carbons (Fsp3) is 0.348. The van der Waals surface area contributed by atoms with Crippen molar-refractivity contribution in [1.29, 1.82) is 0 Å². The van der Waals surface area contributed by atoms with Crippen LogP contribution in [0.2, 0.25) is 0 Å². The summed E-state index contributed by atoms with van der Waals surface area (Å²) in [7, 11) is 0. The third-order valence-electron chi connectivity index (χ3n) is 5.66. The summed E-state index contributed by atoms with van der Waals surface area (Å²) in [6.07, 6.45) is 8.02. The van der Waals surface area contributed by atoms with E-state index in [0.717, 1.165) is 17.0 Å². The largest absolute Gasteiger partial charge is 0.469 e. The quantitative estimate of drug-likeness (QED) is 0.601. The molecule has 1 aromatic carbocycles. The predicted molar refractivity (Wildman–Crippen MR) is 112 cm³/mol. The lowest BCUT2D eigenvalue weighted by molar-refractivity contribution is -0.123. The molecule has 0 saturated carbocycles. The summed E-state index contributed by atoms with van der Waals surface area (Å²) in [5.74, 6) is 0.804. The van der Waals surface area contributed by atoms with Crippen LogP contribution in [0.4, 0.5) is 0 Å². The molecule has 30 heavy (non-hydrogen) atoms. The first-order chi connectivity index (χ1) is 14.5. The molecule has 2 N–H and O–H groups in total.